The summed E-state index contributed by atoms with van der Waals surface area (Å²) in [6.07, 6.45) is -33.9. The largest absolute Gasteiger partial charge is 0.477 e. The number of carbonyl (C=O) groups is 5. The molecular formula is C65H84N8O38S3. The minimum Gasteiger partial charge on any atom is -0.477 e. The number of carboxylic acids is 1. The van der Waals surface area contributed by atoms with Crippen LogP contribution in [0.15, 0.2) is 88.5 Å². The van der Waals surface area contributed by atoms with Crippen LogP contribution in [0, 0.1) is 0 Å². The zero-order valence-corrected chi connectivity index (χ0v) is 62.0. The van der Waals surface area contributed by atoms with Crippen molar-refractivity contribution in [1.82, 2.24) is 25.9 Å². The third kappa shape index (κ3) is 21.2. The number of carboxylic acid groups (broad SMARTS) is 1. The zero-order chi connectivity index (χ0) is 83.8. The van der Waals surface area contributed by atoms with Crippen molar-refractivity contribution in [2.75, 3.05) is 62.1 Å². The Morgan fingerprint density at radius 3 is 1.93 bits per heavy atom. The number of carbonyl (C=O) groups excluding carboxylic acids is 4. The van der Waals surface area contributed by atoms with Gasteiger partial charge in [-0.2, -0.15) is 25.3 Å². The second-order valence-corrected chi connectivity index (χ2v) is 31.1. The van der Waals surface area contributed by atoms with Gasteiger partial charge in [-0.25, -0.2) is 9.59 Å². The molecule has 630 valence electrons. The highest BCUT2D eigenvalue weighted by Gasteiger charge is 2.61. The van der Waals surface area contributed by atoms with Crippen LogP contribution < -0.4 is 54.0 Å². The van der Waals surface area contributed by atoms with Crippen LogP contribution >= 0.6 is 0 Å². The molecule has 23 N–H and O–H groups in total. The van der Waals surface area contributed by atoms with Crippen molar-refractivity contribution in [1.29, 1.82) is 0 Å². The third-order valence-electron chi connectivity index (χ3n) is 18.7. The first-order chi connectivity index (χ1) is 53.6. The highest BCUT2D eigenvalue weighted by atomic mass is 32.2. The second kappa shape index (κ2) is 37.7. The monoisotopic (exact) mass is 1680 g/mol. The summed E-state index contributed by atoms with van der Waals surface area (Å²) in [4.78, 5) is 117. The Hall–Kier alpha value is -8.40. The highest BCUT2D eigenvalue weighted by Crippen LogP contribution is 2.41. The molecule has 46 nitrogen and oxygen atoms in total. The van der Waals surface area contributed by atoms with Gasteiger partial charge < -0.3 is 136 Å². The molecule has 18 unspecified atom stereocenters. The minimum absolute atomic E-state index is 0.0184. The maximum atomic E-state index is 14.2. The first-order valence-corrected chi connectivity index (χ1v) is 39.1. The van der Waals surface area contributed by atoms with Crippen LogP contribution in [0.1, 0.15) is 79.1 Å². The van der Waals surface area contributed by atoms with Crippen LogP contribution in [0.3, 0.4) is 0 Å². The lowest BCUT2D eigenvalue weighted by Crippen LogP contribution is -2.71. The SMILES string of the molecule is CC(=O)NC1C(O)CC(OC2C(O)C(CO)OC(OC3C(CO)OC(OCCCCCCCCC(=O)NCCNc4c(Nc5cccc(C(=O)Nc6cc(S(=O)(=O)O)cc7cc(S(=O)(=O)O)cc(S(=O)(=O)O)c67)c5)c(=O)c4=O)C(NC(=O)c4cc(=O)[nH]c(=O)[nH]4)C3OC3OCC(O)C(O)C3O)C2O)(C(=O)O)OC1[C@H](O)[C@H](O)CO. The van der Waals surface area contributed by atoms with Crippen LogP contribution in [0.2, 0.25) is 0 Å². The number of amides is 4. The number of anilines is 4. The molecule has 114 heavy (non-hydrogen) atoms. The number of benzene rings is 3. The predicted molar refractivity (Wildman–Crippen MR) is 380 cm³/mol. The van der Waals surface area contributed by atoms with Gasteiger partial charge in [0.05, 0.1) is 54.1 Å². The number of aliphatic hydroxyl groups excluding tert-OH is 11. The molecule has 0 radical (unpaired) electrons. The lowest BCUT2D eigenvalue weighted by molar-refractivity contribution is -0.389. The van der Waals surface area contributed by atoms with Crippen molar-refractivity contribution >= 4 is 93.5 Å². The predicted octanol–water partition coefficient (Wildman–Crippen LogP) is -7.48. The molecule has 4 fully saturated rings. The molecule has 1 aromatic heterocycles. The first-order valence-electron chi connectivity index (χ1n) is 34.8. The number of hydrogen-bond donors (Lipinski definition) is 23. The number of ether oxygens (including phenoxy) is 8. The lowest BCUT2D eigenvalue weighted by atomic mass is 9.88. The third-order valence-corrected chi connectivity index (χ3v) is 21.3. The van der Waals surface area contributed by atoms with E-state index in [1.165, 1.54) is 18.2 Å². The molecule has 9 rings (SSSR count). The summed E-state index contributed by atoms with van der Waals surface area (Å²) in [5, 5.41) is 145. The Labute approximate surface area is 643 Å². The minimum atomic E-state index is -5.39. The fourth-order valence-corrected chi connectivity index (χ4v) is 14.9. The Kier molecular flexibility index (Phi) is 29.6. The summed E-state index contributed by atoms with van der Waals surface area (Å²) in [7, 11) is -15.7. The Morgan fingerprint density at radius 2 is 1.30 bits per heavy atom. The molecule has 4 aliphatic rings. The zero-order valence-electron chi connectivity index (χ0n) is 59.6. The van der Waals surface area contributed by atoms with Gasteiger partial charge in [0.1, 0.15) is 107 Å². The van der Waals surface area contributed by atoms with E-state index in [4.69, 9.17) is 37.9 Å². The topological polar surface area (TPSA) is 737 Å². The van der Waals surface area contributed by atoms with E-state index in [0.717, 1.165) is 13.0 Å². The molecule has 0 saturated carbocycles. The van der Waals surface area contributed by atoms with E-state index in [-0.39, 0.29) is 55.2 Å². The van der Waals surface area contributed by atoms with E-state index in [1.54, 1.807) is 0 Å². The number of aromatic amines is 2. The van der Waals surface area contributed by atoms with Gasteiger partial charge in [-0.1, -0.05) is 31.7 Å². The van der Waals surface area contributed by atoms with Crippen LogP contribution in [0.25, 0.3) is 10.8 Å². The number of fused-ring (bicyclic) bond motifs is 1. The van der Waals surface area contributed by atoms with Crippen molar-refractivity contribution in [3.8, 4) is 0 Å². The smallest absolute Gasteiger partial charge is 0.364 e. The average molecular weight is 1680 g/mol. The van der Waals surface area contributed by atoms with E-state index in [1.807, 2.05) is 4.98 Å². The summed E-state index contributed by atoms with van der Waals surface area (Å²) in [6, 6.07) is 4.27. The number of rotatable bonds is 36. The standard InChI is InChI=1S/C65H84N8O38S3/c1-26(77)68-43-34(78)21-65(63(92)93,110-55(43)48(84)35(79)22-74)111-57-49(85)37(23-75)106-62(53(57)89)108-54-38(24-76)107-60(46(73-59(91)33-20-41(82)72-64(94)71-33)56(54)109-61-52(88)47(83)36(80)25-105-61)104-14-7-5-3-2-4-6-11-40(81)66-12-13-67-44-45(51(87)50(44)86)69-29-10-8-9-27(15-29)58(90)70-32-18-30(112(95,96)97)16-28-17-31(113(98,99)100)19-39(42(28)32)114(101,102)103/h8-10,15-20,34-38,43,46-49,52-57,60-62,67,69,74-76,78-80,83-85,88-89H,2-7,11-14,21-25H2,1H3,(H,66,81)(H,68,77)(H,70,90)(H,73,91)(H,92,93)(H,95,96,97)(H,98,99,100)(H,101,102,103)(H2,71,72,82,94)/t34?,35-,36?,37?,38?,43?,46?,47?,48-,49?,52?,53?,54?,55?,56?,57?,60?,61?,62?,65?/m1/s1. The van der Waals surface area contributed by atoms with Crippen molar-refractivity contribution in [2.45, 2.75) is 195 Å². The van der Waals surface area contributed by atoms with Crippen molar-refractivity contribution in [3.05, 3.63) is 107 Å². The molecule has 4 aliphatic heterocycles. The van der Waals surface area contributed by atoms with Gasteiger partial charge in [0.2, 0.25) is 11.8 Å². The molecule has 4 amide bonds. The number of H-pyrrole nitrogens is 2. The van der Waals surface area contributed by atoms with Crippen LogP contribution in [0.4, 0.5) is 22.7 Å². The molecule has 0 bridgehead atoms. The number of aliphatic hydroxyl groups is 11. The van der Waals surface area contributed by atoms with Crippen LogP contribution in [0.5, 0.6) is 0 Å². The van der Waals surface area contributed by atoms with Crippen molar-refractivity contribution < 1.29 is 162 Å². The van der Waals surface area contributed by atoms with Crippen LogP contribution in [-0.4, -0.2) is 308 Å². The Morgan fingerprint density at radius 1 is 0.658 bits per heavy atom. The maximum absolute atomic E-state index is 14.2. The fraction of sp³-hybridized carbons (Fsp3) is 0.554. The molecular weight excluding hydrogens is 1600 g/mol. The van der Waals surface area contributed by atoms with E-state index < -0.39 is 274 Å². The quantitative estimate of drug-likeness (QED) is 0.0101. The molecule has 0 aliphatic carbocycles. The Bertz CT molecular complexity index is 4840. The van der Waals surface area contributed by atoms with Gasteiger partial charge in [0, 0.05) is 62.2 Å². The summed E-state index contributed by atoms with van der Waals surface area (Å²) < 4.78 is 150. The van der Waals surface area contributed by atoms with Gasteiger partial charge in [0.15, 0.2) is 18.9 Å². The van der Waals surface area contributed by atoms with Gasteiger partial charge in [-0.15, -0.1) is 0 Å². The molecule has 49 heteroatoms. The first kappa shape index (κ1) is 89.5. The highest BCUT2D eigenvalue weighted by molar-refractivity contribution is 7.87. The molecule has 4 saturated heterocycles. The summed E-state index contributed by atoms with van der Waals surface area (Å²) in [6.45, 7) is -3.54. The summed E-state index contributed by atoms with van der Waals surface area (Å²) in [5.41, 5.74) is -6.22. The molecule has 0 spiro atoms. The lowest BCUT2D eigenvalue weighted by Gasteiger charge is -2.51. The van der Waals surface area contributed by atoms with Gasteiger partial charge in [-0.05, 0) is 60.7 Å². The van der Waals surface area contributed by atoms with Crippen molar-refractivity contribution in [3.63, 3.8) is 0 Å². The Balaban J connectivity index is 0.814. The van der Waals surface area contributed by atoms with E-state index >= 15 is 0 Å². The van der Waals surface area contributed by atoms with Crippen molar-refractivity contribution in [2.24, 2.45) is 0 Å². The molecule has 5 aromatic rings. The number of hydrogen-bond acceptors (Lipinski definition) is 36. The second-order valence-electron chi connectivity index (χ2n) is 26.8. The van der Waals surface area contributed by atoms with Gasteiger partial charge in [0.25, 0.3) is 64.4 Å². The normalized spacial score (nSPS) is 28.1. The van der Waals surface area contributed by atoms with Gasteiger partial charge >= 0.3 is 11.7 Å². The van der Waals surface area contributed by atoms with E-state index in [9.17, 15) is 143 Å². The maximum Gasteiger partial charge on any atom is 0.364 e. The summed E-state index contributed by atoms with van der Waals surface area (Å²) in [5.74, 6) is -8.98. The molecule has 5 heterocycles. The molecule has 4 aromatic carbocycles. The van der Waals surface area contributed by atoms with E-state index in [0.29, 0.717) is 62.4 Å². The van der Waals surface area contributed by atoms with E-state index in [2.05, 4.69) is 36.9 Å². The summed E-state index contributed by atoms with van der Waals surface area (Å²) >= 11 is 0. The number of aromatic nitrogens is 2. The molecule has 20 atom stereocenters. The fourth-order valence-electron chi connectivity index (χ4n) is 13.0. The number of unbranched alkanes of at least 4 members (excludes halogenated alkanes) is 5. The average Bonchev–Trinajstić information content (AvgIpc) is 0.751. The number of nitrogens with one attached hydrogen (secondary N) is 8. The van der Waals surface area contributed by atoms with Gasteiger partial charge in [-0.3, -0.25) is 52.2 Å². The van der Waals surface area contributed by atoms with Crippen LogP contribution in [-0.2, 0) is 82.6 Å². The number of aliphatic carboxylic acids is 1.